The molecule has 2 atom stereocenters. The van der Waals surface area contributed by atoms with Gasteiger partial charge in [0.05, 0.1) is 16.4 Å². The van der Waals surface area contributed by atoms with Crippen LogP contribution in [0.5, 0.6) is 5.75 Å². The van der Waals surface area contributed by atoms with Crippen LogP contribution < -0.4 is 15.4 Å². The topological polar surface area (TPSA) is 50.4 Å². The van der Waals surface area contributed by atoms with E-state index in [0.29, 0.717) is 4.34 Å². The fourth-order valence-electron chi connectivity index (χ4n) is 2.17. The van der Waals surface area contributed by atoms with Gasteiger partial charge in [0.25, 0.3) is 0 Å². The summed E-state index contributed by atoms with van der Waals surface area (Å²) in [5, 5.41) is 5.59. The Morgan fingerprint density at radius 1 is 1.12 bits per heavy atom. The second-order valence-electron chi connectivity index (χ2n) is 5.68. The zero-order valence-electron chi connectivity index (χ0n) is 14.1. The van der Waals surface area contributed by atoms with Gasteiger partial charge in [-0.2, -0.15) is 13.2 Å². The standard InChI is InChI=1S/C17H18ClF3N2O2S/c1-10(12-3-5-13(6-4-12)25-9-17(19,20)21)22-16(24)23-11(2)14-7-8-15(18)26-14/h3-8,10-11H,9H2,1-2H3,(H2,22,23,24). The molecule has 2 amide bonds. The molecule has 9 heteroatoms. The Morgan fingerprint density at radius 3 is 2.27 bits per heavy atom. The normalized spacial score (nSPS) is 13.8. The Labute approximate surface area is 158 Å². The summed E-state index contributed by atoms with van der Waals surface area (Å²) in [7, 11) is 0. The van der Waals surface area contributed by atoms with Crippen molar-refractivity contribution in [2.45, 2.75) is 32.1 Å². The predicted molar refractivity (Wildman–Crippen MR) is 95.8 cm³/mol. The van der Waals surface area contributed by atoms with Crippen LogP contribution >= 0.6 is 22.9 Å². The van der Waals surface area contributed by atoms with Crippen molar-refractivity contribution in [2.24, 2.45) is 0 Å². The summed E-state index contributed by atoms with van der Waals surface area (Å²) in [6.45, 7) is 2.28. The highest BCUT2D eigenvalue weighted by atomic mass is 35.5. The van der Waals surface area contributed by atoms with Crippen LogP contribution in [0.25, 0.3) is 0 Å². The molecule has 1 aromatic heterocycles. The van der Waals surface area contributed by atoms with Crippen molar-refractivity contribution in [1.82, 2.24) is 10.6 Å². The summed E-state index contributed by atoms with van der Waals surface area (Å²) in [5.74, 6) is 0.117. The van der Waals surface area contributed by atoms with Gasteiger partial charge in [-0.3, -0.25) is 0 Å². The first-order valence-electron chi connectivity index (χ1n) is 7.76. The van der Waals surface area contributed by atoms with Crippen molar-refractivity contribution in [3.63, 3.8) is 0 Å². The molecule has 1 aromatic carbocycles. The summed E-state index contributed by atoms with van der Waals surface area (Å²) in [5.41, 5.74) is 0.742. The van der Waals surface area contributed by atoms with E-state index in [9.17, 15) is 18.0 Å². The van der Waals surface area contributed by atoms with Gasteiger partial charge < -0.3 is 15.4 Å². The first-order valence-corrected chi connectivity index (χ1v) is 8.95. The van der Waals surface area contributed by atoms with Crippen molar-refractivity contribution < 1.29 is 22.7 Å². The number of rotatable bonds is 6. The van der Waals surface area contributed by atoms with Crippen molar-refractivity contribution in [3.8, 4) is 5.75 Å². The van der Waals surface area contributed by atoms with Crippen molar-refractivity contribution in [3.05, 3.63) is 51.2 Å². The number of carbonyl (C=O) groups excluding carboxylic acids is 1. The van der Waals surface area contributed by atoms with E-state index in [1.807, 2.05) is 13.0 Å². The molecule has 0 fully saturated rings. The second kappa shape index (κ2) is 8.64. The highest BCUT2D eigenvalue weighted by Gasteiger charge is 2.28. The van der Waals surface area contributed by atoms with Gasteiger partial charge >= 0.3 is 12.2 Å². The van der Waals surface area contributed by atoms with Crippen LogP contribution in [-0.2, 0) is 0 Å². The minimum Gasteiger partial charge on any atom is -0.484 e. The number of nitrogens with one attached hydrogen (secondary N) is 2. The third kappa shape index (κ3) is 6.42. The van der Waals surface area contributed by atoms with Crippen molar-refractivity contribution in [1.29, 1.82) is 0 Å². The van der Waals surface area contributed by atoms with E-state index in [2.05, 4.69) is 15.4 Å². The summed E-state index contributed by atoms with van der Waals surface area (Å²) >= 11 is 7.27. The van der Waals surface area contributed by atoms with Gasteiger partial charge in [-0.05, 0) is 43.7 Å². The molecule has 4 nitrogen and oxygen atoms in total. The number of carbonyl (C=O) groups is 1. The third-order valence-electron chi connectivity index (χ3n) is 3.50. The van der Waals surface area contributed by atoms with E-state index in [-0.39, 0.29) is 23.9 Å². The van der Waals surface area contributed by atoms with Crippen LogP contribution in [0.15, 0.2) is 36.4 Å². The summed E-state index contributed by atoms with van der Waals surface area (Å²) < 4.78 is 41.7. The maximum atomic E-state index is 12.1. The first-order chi connectivity index (χ1) is 12.1. The van der Waals surface area contributed by atoms with Gasteiger partial charge in [0.2, 0.25) is 0 Å². The average molecular weight is 407 g/mol. The summed E-state index contributed by atoms with van der Waals surface area (Å²) in [6, 6.07) is 8.83. The quantitative estimate of drug-likeness (QED) is 0.668. The number of halogens is 4. The molecule has 0 spiro atoms. The molecule has 0 aliphatic heterocycles. The SMILES string of the molecule is CC(NC(=O)NC(C)c1ccc(Cl)s1)c1ccc(OCC(F)(F)F)cc1. The predicted octanol–water partition coefficient (Wildman–Crippen LogP) is 5.46. The number of thiophene rings is 1. The van der Waals surface area contributed by atoms with Crippen molar-refractivity contribution in [2.75, 3.05) is 6.61 Å². The van der Waals surface area contributed by atoms with E-state index >= 15 is 0 Å². The average Bonchev–Trinajstić information content (AvgIpc) is 2.99. The van der Waals surface area contributed by atoms with E-state index in [1.54, 1.807) is 25.1 Å². The molecule has 1 heterocycles. The molecule has 26 heavy (non-hydrogen) atoms. The van der Waals surface area contributed by atoms with Gasteiger partial charge in [0.1, 0.15) is 5.75 Å². The van der Waals surface area contributed by atoms with E-state index in [1.165, 1.54) is 23.5 Å². The lowest BCUT2D eigenvalue weighted by Crippen LogP contribution is -2.38. The highest BCUT2D eigenvalue weighted by Crippen LogP contribution is 2.26. The molecule has 2 rings (SSSR count). The smallest absolute Gasteiger partial charge is 0.422 e. The Morgan fingerprint density at radius 2 is 1.73 bits per heavy atom. The molecule has 2 N–H and O–H groups in total. The summed E-state index contributed by atoms with van der Waals surface area (Å²) in [6.07, 6.45) is -4.38. The number of alkyl halides is 3. The number of ether oxygens (including phenoxy) is 1. The lowest BCUT2D eigenvalue weighted by Gasteiger charge is -2.18. The van der Waals surface area contributed by atoms with Crippen LogP contribution in [-0.4, -0.2) is 18.8 Å². The Bertz CT molecular complexity index is 734. The van der Waals surface area contributed by atoms with Crippen LogP contribution in [0.3, 0.4) is 0 Å². The van der Waals surface area contributed by atoms with Gasteiger partial charge in [0, 0.05) is 4.88 Å². The summed E-state index contributed by atoms with van der Waals surface area (Å²) in [4.78, 5) is 13.0. The highest BCUT2D eigenvalue weighted by molar-refractivity contribution is 7.16. The molecule has 2 aromatic rings. The zero-order valence-corrected chi connectivity index (χ0v) is 15.6. The number of urea groups is 1. The van der Waals surface area contributed by atoms with Gasteiger partial charge in [-0.25, -0.2) is 4.79 Å². The minimum absolute atomic E-state index is 0.117. The molecular formula is C17H18ClF3N2O2S. The third-order valence-corrected chi connectivity index (χ3v) is 4.91. The number of hydrogen-bond donors (Lipinski definition) is 2. The van der Waals surface area contributed by atoms with Crippen LogP contribution in [0.2, 0.25) is 4.34 Å². The molecule has 0 saturated carbocycles. The zero-order chi connectivity index (χ0) is 19.3. The lowest BCUT2D eigenvalue weighted by molar-refractivity contribution is -0.153. The minimum atomic E-state index is -4.38. The largest absolute Gasteiger partial charge is 0.484 e. The first kappa shape index (κ1) is 20.4. The molecular weight excluding hydrogens is 389 g/mol. The van der Waals surface area contributed by atoms with Gasteiger partial charge in [-0.15, -0.1) is 11.3 Å². The number of amides is 2. The molecule has 0 aliphatic carbocycles. The maximum absolute atomic E-state index is 12.1. The second-order valence-corrected chi connectivity index (χ2v) is 7.42. The Hall–Kier alpha value is -1.93. The maximum Gasteiger partial charge on any atom is 0.422 e. The number of benzene rings is 1. The molecule has 2 unspecified atom stereocenters. The monoisotopic (exact) mass is 406 g/mol. The molecule has 0 bridgehead atoms. The van der Waals surface area contributed by atoms with Crippen LogP contribution in [0, 0.1) is 0 Å². The molecule has 142 valence electrons. The van der Waals surface area contributed by atoms with Gasteiger partial charge in [0.15, 0.2) is 6.61 Å². The van der Waals surface area contributed by atoms with E-state index in [4.69, 9.17) is 11.6 Å². The van der Waals surface area contributed by atoms with E-state index in [0.717, 1.165) is 10.4 Å². The molecule has 0 aliphatic rings. The fourth-order valence-corrected chi connectivity index (χ4v) is 3.23. The Balaban J connectivity index is 1.86. The molecule has 0 saturated heterocycles. The van der Waals surface area contributed by atoms with Crippen molar-refractivity contribution >= 4 is 29.0 Å². The number of hydrogen-bond acceptors (Lipinski definition) is 3. The fraction of sp³-hybridized carbons (Fsp3) is 0.353. The molecule has 0 radical (unpaired) electrons. The van der Waals surface area contributed by atoms with E-state index < -0.39 is 12.8 Å². The van der Waals surface area contributed by atoms with Crippen LogP contribution in [0.1, 0.15) is 36.4 Å². The lowest BCUT2D eigenvalue weighted by atomic mass is 10.1. The van der Waals surface area contributed by atoms with Crippen LogP contribution in [0.4, 0.5) is 18.0 Å². The Kier molecular flexibility index (Phi) is 6.77. The van der Waals surface area contributed by atoms with Gasteiger partial charge in [-0.1, -0.05) is 23.7 Å².